The van der Waals surface area contributed by atoms with E-state index < -0.39 is 0 Å². The summed E-state index contributed by atoms with van der Waals surface area (Å²) in [6.07, 6.45) is 7.17. The van der Waals surface area contributed by atoms with Crippen molar-refractivity contribution in [2.75, 3.05) is 0 Å². The molecule has 4 rings (SSSR count). The molecule has 0 atom stereocenters. The van der Waals surface area contributed by atoms with Crippen LogP contribution < -0.4 is 0 Å². The molecule has 0 amide bonds. The fourth-order valence-electron chi connectivity index (χ4n) is 2.59. The summed E-state index contributed by atoms with van der Waals surface area (Å²) in [5.74, 6) is 2.22. The fraction of sp³-hybridized carbons (Fsp3) is 0.105. The van der Waals surface area contributed by atoms with Gasteiger partial charge in [-0.05, 0) is 35.9 Å². The van der Waals surface area contributed by atoms with E-state index in [4.69, 9.17) is 4.42 Å². The van der Waals surface area contributed by atoms with Gasteiger partial charge in [-0.2, -0.15) is 5.10 Å². The Hall–Kier alpha value is -3.06. The summed E-state index contributed by atoms with van der Waals surface area (Å²) in [5.41, 5.74) is 2.25. The van der Waals surface area contributed by atoms with Crippen molar-refractivity contribution in [2.45, 2.75) is 17.5 Å². The summed E-state index contributed by atoms with van der Waals surface area (Å²) in [5, 5.41) is 13.7. The van der Waals surface area contributed by atoms with Crippen LogP contribution in [-0.2, 0) is 12.3 Å². The van der Waals surface area contributed by atoms with Gasteiger partial charge in [0.1, 0.15) is 0 Å². The Balaban J connectivity index is 1.50. The molecule has 0 aliphatic rings. The molecule has 0 saturated carbocycles. The van der Waals surface area contributed by atoms with E-state index in [2.05, 4.69) is 46.1 Å². The largest absolute Gasteiger partial charge is 0.461 e. The van der Waals surface area contributed by atoms with Crippen molar-refractivity contribution in [3.05, 3.63) is 79.3 Å². The Kier molecular flexibility index (Phi) is 4.70. The third-order valence-electron chi connectivity index (χ3n) is 3.84. The van der Waals surface area contributed by atoms with E-state index in [9.17, 15) is 0 Å². The zero-order valence-electron chi connectivity index (χ0n) is 14.0. The third kappa shape index (κ3) is 3.34. The van der Waals surface area contributed by atoms with Gasteiger partial charge in [0.15, 0.2) is 10.9 Å². The third-order valence-corrected chi connectivity index (χ3v) is 4.88. The summed E-state index contributed by atoms with van der Waals surface area (Å²) in [6.45, 7) is 4.46. The summed E-state index contributed by atoms with van der Waals surface area (Å²) in [7, 11) is 0. The van der Waals surface area contributed by atoms with Gasteiger partial charge in [0.2, 0.25) is 5.82 Å². The van der Waals surface area contributed by atoms with Crippen LogP contribution in [0.25, 0.3) is 17.3 Å². The monoisotopic (exact) mass is 363 g/mol. The summed E-state index contributed by atoms with van der Waals surface area (Å²) < 4.78 is 9.31. The predicted octanol–water partition coefficient (Wildman–Crippen LogP) is 4.20. The van der Waals surface area contributed by atoms with Gasteiger partial charge in [-0.25, -0.2) is 4.68 Å². The molecule has 0 N–H and O–H groups in total. The number of rotatable bonds is 7. The van der Waals surface area contributed by atoms with E-state index in [0.29, 0.717) is 18.1 Å². The maximum absolute atomic E-state index is 5.46. The number of thioether (sulfide) groups is 1. The maximum atomic E-state index is 5.46. The minimum absolute atomic E-state index is 0.629. The van der Waals surface area contributed by atoms with Gasteiger partial charge in [-0.15, -0.1) is 16.8 Å². The van der Waals surface area contributed by atoms with Gasteiger partial charge >= 0.3 is 0 Å². The van der Waals surface area contributed by atoms with E-state index in [-0.39, 0.29) is 0 Å². The van der Waals surface area contributed by atoms with Crippen molar-refractivity contribution < 1.29 is 4.42 Å². The molecule has 0 fully saturated rings. The van der Waals surface area contributed by atoms with Gasteiger partial charge in [-0.1, -0.05) is 30.0 Å². The van der Waals surface area contributed by atoms with E-state index in [1.165, 1.54) is 5.56 Å². The molecule has 0 bridgehead atoms. The molecule has 1 aromatic carbocycles. The molecule has 0 unspecified atom stereocenters. The van der Waals surface area contributed by atoms with Crippen molar-refractivity contribution in [1.29, 1.82) is 0 Å². The van der Waals surface area contributed by atoms with Crippen molar-refractivity contribution in [2.24, 2.45) is 0 Å². The SMILES string of the molecule is C=CCn1c(SCc2ccc(-n3cccn3)cc2)nnc1-c1ccco1. The zero-order chi connectivity index (χ0) is 17.8. The number of allylic oxidation sites excluding steroid dienone is 1. The van der Waals surface area contributed by atoms with Crippen molar-refractivity contribution in [3.8, 4) is 17.3 Å². The van der Waals surface area contributed by atoms with Crippen LogP contribution in [0.15, 0.2) is 83.3 Å². The van der Waals surface area contributed by atoms with Crippen LogP contribution in [0.4, 0.5) is 0 Å². The fourth-order valence-corrected chi connectivity index (χ4v) is 3.50. The molecule has 130 valence electrons. The molecule has 3 aromatic heterocycles. The normalized spacial score (nSPS) is 10.9. The molecule has 7 heteroatoms. The van der Waals surface area contributed by atoms with Gasteiger partial charge in [0, 0.05) is 24.7 Å². The van der Waals surface area contributed by atoms with Gasteiger partial charge in [0.05, 0.1) is 12.0 Å². The molecular formula is C19H17N5OS. The van der Waals surface area contributed by atoms with Crippen LogP contribution in [0.1, 0.15) is 5.56 Å². The maximum Gasteiger partial charge on any atom is 0.200 e. The second-order valence-electron chi connectivity index (χ2n) is 5.59. The summed E-state index contributed by atoms with van der Waals surface area (Å²) >= 11 is 1.64. The van der Waals surface area contributed by atoms with Gasteiger partial charge in [-0.3, -0.25) is 4.57 Å². The second kappa shape index (κ2) is 7.45. The van der Waals surface area contributed by atoms with Crippen molar-refractivity contribution in [1.82, 2.24) is 24.5 Å². The Morgan fingerprint density at radius 3 is 2.69 bits per heavy atom. The molecule has 0 spiro atoms. The highest BCUT2D eigenvalue weighted by atomic mass is 32.2. The quantitative estimate of drug-likeness (QED) is 0.364. The zero-order valence-corrected chi connectivity index (χ0v) is 14.8. The van der Waals surface area contributed by atoms with Gasteiger partial charge in [0.25, 0.3) is 0 Å². The average molecular weight is 363 g/mol. The first kappa shape index (κ1) is 16.4. The van der Waals surface area contributed by atoms with Crippen LogP contribution in [0.2, 0.25) is 0 Å². The Bertz CT molecular complexity index is 972. The van der Waals surface area contributed by atoms with Crippen molar-refractivity contribution >= 4 is 11.8 Å². The number of nitrogens with zero attached hydrogens (tertiary/aromatic N) is 5. The first-order valence-corrected chi connectivity index (χ1v) is 9.13. The number of benzene rings is 1. The lowest BCUT2D eigenvalue weighted by atomic mass is 10.2. The predicted molar refractivity (Wildman–Crippen MR) is 101 cm³/mol. The van der Waals surface area contributed by atoms with Crippen molar-refractivity contribution in [3.63, 3.8) is 0 Å². The molecule has 4 aromatic rings. The Morgan fingerprint density at radius 2 is 2.00 bits per heavy atom. The lowest BCUT2D eigenvalue weighted by molar-refractivity contribution is 0.569. The molecule has 0 saturated heterocycles. The minimum atomic E-state index is 0.629. The first-order chi connectivity index (χ1) is 12.8. The Labute approximate surface area is 155 Å². The number of furan rings is 1. The molecule has 0 aliphatic heterocycles. The van der Waals surface area contributed by atoms with Crippen LogP contribution in [0, 0.1) is 0 Å². The lowest BCUT2D eigenvalue weighted by Crippen LogP contribution is -2.00. The topological polar surface area (TPSA) is 61.7 Å². The van der Waals surface area contributed by atoms with Crippen LogP contribution >= 0.6 is 11.8 Å². The Morgan fingerprint density at radius 1 is 1.12 bits per heavy atom. The molecule has 0 aliphatic carbocycles. The lowest BCUT2D eigenvalue weighted by Gasteiger charge is -2.07. The number of hydrogen-bond acceptors (Lipinski definition) is 5. The van der Waals surface area contributed by atoms with Crippen LogP contribution in [0.5, 0.6) is 0 Å². The summed E-state index contributed by atoms with van der Waals surface area (Å²) in [6, 6.07) is 14.0. The molecule has 0 radical (unpaired) electrons. The smallest absolute Gasteiger partial charge is 0.200 e. The first-order valence-electron chi connectivity index (χ1n) is 8.15. The highest BCUT2D eigenvalue weighted by Crippen LogP contribution is 2.27. The van der Waals surface area contributed by atoms with E-state index in [1.807, 2.05) is 39.7 Å². The molecule has 6 nitrogen and oxygen atoms in total. The number of hydrogen-bond donors (Lipinski definition) is 0. The standard InChI is InChI=1S/C19H17N5OS/c1-2-11-23-18(17-5-3-13-25-17)21-22-19(23)26-14-15-6-8-16(9-7-15)24-12-4-10-20-24/h2-10,12-13H,1,11,14H2. The minimum Gasteiger partial charge on any atom is -0.461 e. The van der Waals surface area contributed by atoms with E-state index >= 15 is 0 Å². The highest BCUT2D eigenvalue weighted by Gasteiger charge is 2.15. The van der Waals surface area contributed by atoms with Gasteiger partial charge < -0.3 is 4.42 Å². The van der Waals surface area contributed by atoms with E-state index in [0.717, 1.165) is 16.6 Å². The molecular weight excluding hydrogens is 346 g/mol. The molecule has 26 heavy (non-hydrogen) atoms. The van der Waals surface area contributed by atoms with Crippen LogP contribution in [-0.4, -0.2) is 24.5 Å². The summed E-state index contributed by atoms with van der Waals surface area (Å²) in [4.78, 5) is 0. The number of aromatic nitrogens is 5. The van der Waals surface area contributed by atoms with E-state index in [1.54, 1.807) is 24.2 Å². The average Bonchev–Trinajstić information content (AvgIpc) is 3.42. The van der Waals surface area contributed by atoms with Crippen LogP contribution in [0.3, 0.4) is 0 Å². The second-order valence-corrected chi connectivity index (χ2v) is 6.53. The highest BCUT2D eigenvalue weighted by molar-refractivity contribution is 7.98. The molecule has 3 heterocycles.